The van der Waals surface area contributed by atoms with E-state index in [9.17, 15) is 38.4 Å². The number of amides is 3. The molecular formula is C34H58N4O12. The van der Waals surface area contributed by atoms with Gasteiger partial charge in [0, 0.05) is 0 Å². The van der Waals surface area contributed by atoms with Gasteiger partial charge in [0.25, 0.3) is 0 Å². The van der Waals surface area contributed by atoms with Gasteiger partial charge >= 0.3 is 23.9 Å². The largest absolute Gasteiger partial charge is 0.427 e. The predicted molar refractivity (Wildman–Crippen MR) is 180 cm³/mol. The molecule has 4 atom stereocenters. The summed E-state index contributed by atoms with van der Waals surface area (Å²) in [6.07, 6.45) is -0.103. The van der Waals surface area contributed by atoms with Gasteiger partial charge in [-0.1, -0.05) is 55.4 Å². The molecule has 0 saturated heterocycles. The van der Waals surface area contributed by atoms with Crippen molar-refractivity contribution in [2.75, 3.05) is 20.6 Å². The number of hydrogen-bond donors (Lipinski definition) is 4. The first-order valence-electron chi connectivity index (χ1n) is 17.0. The van der Waals surface area contributed by atoms with E-state index < -0.39 is 92.2 Å². The summed E-state index contributed by atoms with van der Waals surface area (Å²) < 4.78 is 20.3. The molecule has 50 heavy (non-hydrogen) atoms. The minimum atomic E-state index is -1.20. The molecule has 0 aromatic rings. The lowest BCUT2D eigenvalue weighted by Gasteiger charge is -2.22. The lowest BCUT2D eigenvalue weighted by atomic mass is 10.0. The molecule has 0 aliphatic rings. The average molecular weight is 715 g/mol. The van der Waals surface area contributed by atoms with Gasteiger partial charge < -0.3 is 40.2 Å². The van der Waals surface area contributed by atoms with Crippen LogP contribution in [-0.2, 0) is 57.3 Å². The molecule has 0 radical (unpaired) electrons. The van der Waals surface area contributed by atoms with Gasteiger partial charge in [-0.3, -0.25) is 24.0 Å². The maximum absolute atomic E-state index is 12.8. The van der Waals surface area contributed by atoms with Crippen molar-refractivity contribution in [1.82, 2.24) is 21.3 Å². The normalized spacial score (nSPS) is 13.6. The maximum Gasteiger partial charge on any atom is 0.331 e. The van der Waals surface area contributed by atoms with Crippen LogP contribution >= 0.6 is 0 Å². The van der Waals surface area contributed by atoms with Gasteiger partial charge in [-0.05, 0) is 63.3 Å². The quantitative estimate of drug-likeness (QED) is 0.0636. The molecule has 16 nitrogen and oxygen atoms in total. The first kappa shape index (κ1) is 45.9. The number of nitrogens with one attached hydrogen (secondary N) is 4. The molecule has 0 aromatic heterocycles. The van der Waals surface area contributed by atoms with Crippen LogP contribution in [0, 0.1) is 23.7 Å². The molecule has 0 fully saturated rings. The molecule has 0 bridgehead atoms. The van der Waals surface area contributed by atoms with E-state index in [0.29, 0.717) is 6.42 Å². The Bertz CT molecular complexity index is 1160. The molecule has 0 saturated carbocycles. The second-order valence-electron chi connectivity index (χ2n) is 13.9. The van der Waals surface area contributed by atoms with Crippen molar-refractivity contribution in [3.8, 4) is 0 Å². The Morgan fingerprint density at radius 1 is 0.440 bits per heavy atom. The van der Waals surface area contributed by atoms with E-state index in [0.717, 1.165) is 0 Å². The van der Waals surface area contributed by atoms with Crippen LogP contribution in [0.15, 0.2) is 0 Å². The summed E-state index contributed by atoms with van der Waals surface area (Å²) in [5.41, 5.74) is 0. The topological polar surface area (TPSA) is 222 Å². The number of rotatable bonds is 24. The summed E-state index contributed by atoms with van der Waals surface area (Å²) in [5.74, 6) is -5.85. The second kappa shape index (κ2) is 24.1. The zero-order chi connectivity index (χ0) is 38.6. The third kappa shape index (κ3) is 21.1. The zero-order valence-electron chi connectivity index (χ0n) is 31.2. The minimum absolute atomic E-state index is 0.0163. The summed E-state index contributed by atoms with van der Waals surface area (Å²) in [7, 11) is 1.62. The van der Waals surface area contributed by atoms with Crippen LogP contribution in [0.25, 0.3) is 0 Å². The highest BCUT2D eigenvalue weighted by Crippen LogP contribution is 2.11. The van der Waals surface area contributed by atoms with Crippen LogP contribution in [-0.4, -0.2) is 92.2 Å². The zero-order valence-corrected chi connectivity index (χ0v) is 31.2. The monoisotopic (exact) mass is 714 g/mol. The van der Waals surface area contributed by atoms with Crippen LogP contribution < -0.4 is 21.3 Å². The fourth-order valence-electron chi connectivity index (χ4n) is 4.66. The number of likely N-dealkylation sites (N-methyl/N-ethyl adjacent to an activating group) is 1. The average Bonchev–Trinajstić information content (AvgIpc) is 2.97. The Balaban J connectivity index is 5.22. The van der Waals surface area contributed by atoms with Gasteiger partial charge in [0.2, 0.25) is 31.3 Å². The first-order valence-corrected chi connectivity index (χ1v) is 17.0. The Labute approximate surface area is 295 Å². The third-order valence-corrected chi connectivity index (χ3v) is 6.86. The van der Waals surface area contributed by atoms with Crippen molar-refractivity contribution < 1.29 is 57.3 Å². The van der Waals surface area contributed by atoms with Crippen molar-refractivity contribution in [3.05, 3.63) is 0 Å². The van der Waals surface area contributed by atoms with Crippen LogP contribution in [0.5, 0.6) is 0 Å². The molecule has 16 heteroatoms. The van der Waals surface area contributed by atoms with E-state index in [1.54, 1.807) is 20.9 Å². The van der Waals surface area contributed by atoms with Crippen molar-refractivity contribution in [1.29, 1.82) is 0 Å². The van der Waals surface area contributed by atoms with Crippen molar-refractivity contribution in [3.63, 3.8) is 0 Å². The smallest absolute Gasteiger partial charge is 0.331 e. The van der Waals surface area contributed by atoms with Gasteiger partial charge in [-0.25, -0.2) is 14.4 Å². The number of esters is 4. The Hall–Kier alpha value is -4.08. The molecule has 0 aliphatic heterocycles. The summed E-state index contributed by atoms with van der Waals surface area (Å²) in [4.78, 5) is 99.3. The molecule has 0 rings (SSSR count). The van der Waals surface area contributed by atoms with Gasteiger partial charge in [-0.2, -0.15) is 0 Å². The number of ketones is 1. The van der Waals surface area contributed by atoms with Crippen LogP contribution in [0.1, 0.15) is 101 Å². The van der Waals surface area contributed by atoms with Crippen LogP contribution in [0.3, 0.4) is 0 Å². The van der Waals surface area contributed by atoms with Crippen LogP contribution in [0.2, 0.25) is 0 Å². The molecule has 0 aromatic carbocycles. The van der Waals surface area contributed by atoms with Gasteiger partial charge in [0.15, 0.2) is 0 Å². The highest BCUT2D eigenvalue weighted by Gasteiger charge is 2.29. The van der Waals surface area contributed by atoms with E-state index in [-0.39, 0.29) is 48.7 Å². The van der Waals surface area contributed by atoms with E-state index in [4.69, 9.17) is 18.9 Å². The number of carbonyl (C=O) groups excluding carboxylic acids is 8. The second-order valence-corrected chi connectivity index (χ2v) is 13.9. The minimum Gasteiger partial charge on any atom is -0.427 e. The van der Waals surface area contributed by atoms with Gasteiger partial charge in [0.05, 0.1) is 6.42 Å². The third-order valence-electron chi connectivity index (χ3n) is 6.86. The SMILES string of the molecule is CNC(CC(C)C)C(=O)OCOC(=O)C(CC(C)C)NC(=O)CC(=O)NC(CC(C)C)C(=O)OCOC(=O)C(CC(C)C)NC(=O)CC(C)=O. The predicted octanol–water partition coefficient (Wildman–Crippen LogP) is 1.67. The lowest BCUT2D eigenvalue weighted by Crippen LogP contribution is -2.47. The van der Waals surface area contributed by atoms with E-state index in [1.165, 1.54) is 6.92 Å². The van der Waals surface area contributed by atoms with Crippen molar-refractivity contribution in [2.45, 2.75) is 125 Å². The Morgan fingerprint density at radius 3 is 0.960 bits per heavy atom. The number of hydrogen-bond acceptors (Lipinski definition) is 13. The van der Waals surface area contributed by atoms with Crippen molar-refractivity contribution in [2.24, 2.45) is 23.7 Å². The Morgan fingerprint density at radius 2 is 0.700 bits per heavy atom. The molecule has 0 heterocycles. The fraction of sp³-hybridized carbons (Fsp3) is 0.765. The highest BCUT2D eigenvalue weighted by molar-refractivity contribution is 6.00. The molecule has 0 spiro atoms. The van der Waals surface area contributed by atoms with E-state index in [1.807, 2.05) is 41.5 Å². The lowest BCUT2D eigenvalue weighted by molar-refractivity contribution is -0.172. The first-order chi connectivity index (χ1) is 23.2. The molecule has 286 valence electrons. The molecule has 4 unspecified atom stereocenters. The fourth-order valence-corrected chi connectivity index (χ4v) is 4.66. The van der Waals surface area contributed by atoms with E-state index >= 15 is 0 Å². The highest BCUT2D eigenvalue weighted by atomic mass is 16.7. The number of ether oxygens (including phenoxy) is 4. The molecule has 4 N–H and O–H groups in total. The number of carbonyl (C=O) groups is 8. The molecular weight excluding hydrogens is 656 g/mol. The van der Waals surface area contributed by atoms with Gasteiger partial charge in [0.1, 0.15) is 36.4 Å². The Kier molecular flexibility index (Phi) is 22.2. The summed E-state index contributed by atoms with van der Waals surface area (Å²) in [6, 6.07) is -3.98. The summed E-state index contributed by atoms with van der Waals surface area (Å²) in [5, 5.41) is 10.2. The maximum atomic E-state index is 12.8. The standard InChI is InChI=1S/C34H58N4O12/c1-19(2)11-24(35-10)31(43)47-17-48-33(45)26(13-21(5)6)37-29(41)16-30(42)38-27(14-22(7)8)34(46)50-18-49-32(44)25(12-20(3)4)36-28(40)15-23(9)39/h19-22,24-27,35H,11-18H2,1-10H3,(H,36,40)(H,37,41)(H,38,42). The summed E-state index contributed by atoms with van der Waals surface area (Å²) >= 11 is 0. The molecule has 0 aliphatic carbocycles. The van der Waals surface area contributed by atoms with E-state index in [2.05, 4.69) is 21.3 Å². The van der Waals surface area contributed by atoms with Crippen molar-refractivity contribution >= 4 is 47.4 Å². The van der Waals surface area contributed by atoms with Crippen LogP contribution in [0.4, 0.5) is 0 Å². The summed E-state index contributed by atoms with van der Waals surface area (Å²) in [6.45, 7) is 14.5. The number of Topliss-reactive ketones (excluding diaryl/α,β-unsaturated/α-hetero) is 1. The molecule has 3 amide bonds. The van der Waals surface area contributed by atoms with Gasteiger partial charge in [-0.15, -0.1) is 0 Å².